The van der Waals surface area contributed by atoms with Crippen molar-refractivity contribution in [2.24, 2.45) is 0 Å². The van der Waals surface area contributed by atoms with Crippen molar-refractivity contribution in [3.63, 3.8) is 0 Å². The van der Waals surface area contributed by atoms with E-state index in [1.54, 1.807) is 7.11 Å². The van der Waals surface area contributed by atoms with E-state index in [-0.39, 0.29) is 18.7 Å². The van der Waals surface area contributed by atoms with Gasteiger partial charge in [-0.2, -0.15) is 10.2 Å². The molecule has 190 valence electrons. The fourth-order valence-electron chi connectivity index (χ4n) is 4.82. The number of aliphatic hydroxyl groups is 1. The smallest absolute Gasteiger partial charge is 0.137 e. The number of ether oxygens (including phenoxy) is 1. The minimum Gasteiger partial charge on any atom is -0.497 e. The van der Waals surface area contributed by atoms with E-state index in [1.165, 1.54) is 23.4 Å². The Labute approximate surface area is 207 Å². The lowest BCUT2D eigenvalue weighted by molar-refractivity contribution is -0.0320. The summed E-state index contributed by atoms with van der Waals surface area (Å²) >= 11 is 0. The summed E-state index contributed by atoms with van der Waals surface area (Å²) < 4.78 is 37.0. The third-order valence-electron chi connectivity index (χ3n) is 6.75. The predicted molar refractivity (Wildman–Crippen MR) is 129 cm³/mol. The first-order chi connectivity index (χ1) is 17.4. The van der Waals surface area contributed by atoms with Crippen molar-refractivity contribution in [3.8, 4) is 5.75 Å². The van der Waals surface area contributed by atoms with Crippen LogP contribution in [0.2, 0.25) is 0 Å². The van der Waals surface area contributed by atoms with E-state index in [4.69, 9.17) is 4.74 Å². The van der Waals surface area contributed by atoms with E-state index in [1.807, 2.05) is 29.1 Å². The van der Waals surface area contributed by atoms with Crippen molar-refractivity contribution in [2.45, 2.75) is 18.7 Å². The molecular weight excluding hydrogens is 468 g/mol. The van der Waals surface area contributed by atoms with Gasteiger partial charge in [-0.1, -0.05) is 6.07 Å². The van der Waals surface area contributed by atoms with Crippen LogP contribution in [0.25, 0.3) is 10.9 Å². The lowest BCUT2D eigenvalue weighted by Gasteiger charge is -2.39. The summed E-state index contributed by atoms with van der Waals surface area (Å²) in [6.45, 7) is 4.82. The van der Waals surface area contributed by atoms with Gasteiger partial charge in [0, 0.05) is 56.3 Å². The van der Waals surface area contributed by atoms with Crippen molar-refractivity contribution in [3.05, 3.63) is 72.4 Å². The summed E-state index contributed by atoms with van der Waals surface area (Å²) in [5, 5.41) is 21.2. The largest absolute Gasteiger partial charge is 0.497 e. The number of benzene rings is 2. The van der Waals surface area contributed by atoms with Gasteiger partial charge in [0.05, 0.1) is 31.9 Å². The van der Waals surface area contributed by atoms with Crippen molar-refractivity contribution in [1.82, 2.24) is 34.3 Å². The molecule has 2 aromatic heterocycles. The topological polar surface area (TPSA) is 84.5 Å². The van der Waals surface area contributed by atoms with Crippen LogP contribution in [0.3, 0.4) is 0 Å². The number of aromatic nitrogens is 5. The average Bonchev–Trinajstić information content (AvgIpc) is 3.52. The summed E-state index contributed by atoms with van der Waals surface area (Å²) in [7, 11) is 1.65. The second-order valence-electron chi connectivity index (χ2n) is 9.16. The summed E-state index contributed by atoms with van der Waals surface area (Å²) in [4.78, 5) is 8.37. The first-order valence-electron chi connectivity index (χ1n) is 11.9. The molecule has 0 radical (unpaired) electrons. The molecule has 9 nitrogen and oxygen atoms in total. The number of fused-ring (bicyclic) bond motifs is 1. The summed E-state index contributed by atoms with van der Waals surface area (Å²) in [6, 6.07) is 9.20. The molecule has 1 fully saturated rings. The Morgan fingerprint density at radius 2 is 1.78 bits per heavy atom. The Kier molecular flexibility index (Phi) is 6.95. The number of β-amino-alcohol motifs (C(OH)–C–C–N with tert-alkyl or cyclic N) is 1. The van der Waals surface area contributed by atoms with E-state index in [2.05, 4.69) is 25.0 Å². The SMILES string of the molecule is COc1ccc2c(cnn2CCN2CCN(CC(O)(Cn3cncn3)c3ccc(F)cc3F)CC2)c1. The fourth-order valence-corrected chi connectivity index (χ4v) is 4.82. The molecule has 0 saturated carbocycles. The van der Waals surface area contributed by atoms with Crippen molar-refractivity contribution >= 4 is 10.9 Å². The van der Waals surface area contributed by atoms with Crippen LogP contribution >= 0.6 is 0 Å². The molecular formula is C25H29F2N7O2. The van der Waals surface area contributed by atoms with Gasteiger partial charge >= 0.3 is 0 Å². The Morgan fingerprint density at radius 1 is 0.972 bits per heavy atom. The third-order valence-corrected chi connectivity index (χ3v) is 6.75. The van der Waals surface area contributed by atoms with Crippen LogP contribution in [0.1, 0.15) is 5.56 Å². The van der Waals surface area contributed by atoms with Crippen molar-refractivity contribution in [2.75, 3.05) is 46.4 Å². The van der Waals surface area contributed by atoms with Crippen LogP contribution in [-0.4, -0.2) is 85.8 Å². The number of hydrogen-bond donors (Lipinski definition) is 1. The Bertz CT molecular complexity index is 1310. The van der Waals surface area contributed by atoms with E-state index >= 15 is 0 Å². The van der Waals surface area contributed by atoms with Gasteiger partial charge in [-0.3, -0.25) is 14.5 Å². The molecule has 1 aliphatic heterocycles. The molecule has 1 N–H and O–H groups in total. The summed E-state index contributed by atoms with van der Waals surface area (Å²) in [6.07, 6.45) is 4.68. The third kappa shape index (κ3) is 5.23. The maximum atomic E-state index is 14.7. The molecule has 1 atom stereocenters. The van der Waals surface area contributed by atoms with Gasteiger partial charge in [0.1, 0.15) is 35.6 Å². The molecule has 2 aromatic carbocycles. The predicted octanol–water partition coefficient (Wildman–Crippen LogP) is 2.12. The van der Waals surface area contributed by atoms with Crippen molar-refractivity contribution < 1.29 is 18.6 Å². The highest BCUT2D eigenvalue weighted by Gasteiger charge is 2.36. The maximum absolute atomic E-state index is 14.7. The number of nitrogens with zero attached hydrogens (tertiary/aromatic N) is 7. The standard InChI is InChI=1S/C25H29F2N7O2/c1-36-21-3-5-24-19(12-21)14-29-34(24)11-10-31-6-8-32(9-7-31)15-25(35,16-33-18-28-17-30-33)22-4-2-20(26)13-23(22)27/h2-5,12-14,17-18,35H,6-11,15-16H2,1H3. The van der Waals surface area contributed by atoms with Crippen LogP contribution in [0, 0.1) is 11.6 Å². The molecule has 11 heteroatoms. The Morgan fingerprint density at radius 3 is 2.50 bits per heavy atom. The molecule has 1 saturated heterocycles. The Balaban J connectivity index is 1.21. The highest BCUT2D eigenvalue weighted by atomic mass is 19.1. The van der Waals surface area contributed by atoms with E-state index in [9.17, 15) is 13.9 Å². The van der Waals surface area contributed by atoms with Crippen LogP contribution in [-0.2, 0) is 18.7 Å². The van der Waals surface area contributed by atoms with Gasteiger partial charge in [-0.15, -0.1) is 0 Å². The number of hydrogen-bond acceptors (Lipinski definition) is 7. The van der Waals surface area contributed by atoms with Crippen LogP contribution in [0.5, 0.6) is 5.75 Å². The van der Waals surface area contributed by atoms with Crippen molar-refractivity contribution in [1.29, 1.82) is 0 Å². The molecule has 36 heavy (non-hydrogen) atoms. The maximum Gasteiger partial charge on any atom is 0.137 e. The molecule has 4 aromatic rings. The van der Waals surface area contributed by atoms with Crippen LogP contribution < -0.4 is 4.74 Å². The molecule has 0 aliphatic carbocycles. The second kappa shape index (κ2) is 10.3. The zero-order valence-electron chi connectivity index (χ0n) is 20.1. The minimum absolute atomic E-state index is 0.00687. The van der Waals surface area contributed by atoms with E-state index in [0.717, 1.165) is 55.0 Å². The molecule has 0 amide bonds. The van der Waals surface area contributed by atoms with E-state index in [0.29, 0.717) is 13.1 Å². The number of halogens is 2. The highest BCUT2D eigenvalue weighted by molar-refractivity contribution is 5.80. The van der Waals surface area contributed by atoms with Gasteiger partial charge in [0.2, 0.25) is 0 Å². The molecule has 3 heterocycles. The van der Waals surface area contributed by atoms with Gasteiger partial charge < -0.3 is 9.84 Å². The number of piperazine rings is 1. The van der Waals surface area contributed by atoms with Gasteiger partial charge in [0.25, 0.3) is 0 Å². The van der Waals surface area contributed by atoms with Gasteiger partial charge in [-0.25, -0.2) is 18.4 Å². The minimum atomic E-state index is -1.59. The average molecular weight is 498 g/mol. The summed E-state index contributed by atoms with van der Waals surface area (Å²) in [5.74, 6) is -0.653. The fraction of sp³-hybridized carbons (Fsp3) is 0.400. The Hall–Kier alpha value is -3.41. The highest BCUT2D eigenvalue weighted by Crippen LogP contribution is 2.28. The molecule has 1 unspecified atom stereocenters. The van der Waals surface area contributed by atoms with Crippen LogP contribution in [0.4, 0.5) is 8.78 Å². The first kappa shape index (κ1) is 24.3. The van der Waals surface area contributed by atoms with Crippen LogP contribution in [0.15, 0.2) is 55.2 Å². The molecule has 1 aliphatic rings. The zero-order valence-corrected chi connectivity index (χ0v) is 20.1. The lowest BCUT2D eigenvalue weighted by Crippen LogP contribution is -2.52. The van der Waals surface area contributed by atoms with Gasteiger partial charge in [-0.05, 0) is 24.3 Å². The van der Waals surface area contributed by atoms with Gasteiger partial charge in [0.15, 0.2) is 0 Å². The first-order valence-corrected chi connectivity index (χ1v) is 11.9. The lowest BCUT2D eigenvalue weighted by atomic mass is 9.92. The number of rotatable bonds is 9. The quantitative estimate of drug-likeness (QED) is 0.379. The van der Waals surface area contributed by atoms with E-state index < -0.39 is 17.2 Å². The molecule has 0 bridgehead atoms. The number of methoxy groups -OCH3 is 1. The molecule has 0 spiro atoms. The monoisotopic (exact) mass is 497 g/mol. The molecule has 5 rings (SSSR count). The normalized spacial score (nSPS) is 16.9. The zero-order chi connectivity index (χ0) is 25.1. The second-order valence-corrected chi connectivity index (χ2v) is 9.16. The summed E-state index contributed by atoms with van der Waals surface area (Å²) in [5.41, 5.74) is -0.485.